The lowest BCUT2D eigenvalue weighted by Crippen LogP contribution is -2.52. The lowest BCUT2D eigenvalue weighted by molar-refractivity contribution is -0.385. The zero-order valence-electron chi connectivity index (χ0n) is 24.0. The van der Waals surface area contributed by atoms with Crippen LogP contribution in [0.2, 0.25) is 10.0 Å². The number of nitro groups is 1. The molecule has 0 aliphatic carbocycles. The predicted molar refractivity (Wildman–Crippen MR) is 165 cm³/mol. The van der Waals surface area contributed by atoms with E-state index in [2.05, 4.69) is 5.32 Å². The summed E-state index contributed by atoms with van der Waals surface area (Å²) in [6.07, 6.45) is 0.222. The van der Waals surface area contributed by atoms with Crippen molar-refractivity contribution in [2.45, 2.75) is 44.7 Å². The molecule has 0 aliphatic rings. The standard InChI is InChI=1S/C29H32Cl2N4O7S/c1-5-24(29(37)32-6-2)33(17-20-9-7-8-10-23(20)31)28(36)18-34(26-15-21(30)12-14-27(26)42-4)43(40,41)22-13-11-19(3)25(16-22)35(38)39/h7-16,24H,5-6,17-18H2,1-4H3,(H,32,37)/t24-/m1/s1. The van der Waals surface area contributed by atoms with Gasteiger partial charge in [0.25, 0.3) is 15.7 Å². The van der Waals surface area contributed by atoms with Gasteiger partial charge in [0.05, 0.1) is 22.6 Å². The molecule has 14 heteroatoms. The number of amides is 2. The highest BCUT2D eigenvalue weighted by Crippen LogP contribution is 2.36. The first-order chi connectivity index (χ1) is 20.3. The molecule has 3 aromatic rings. The van der Waals surface area contributed by atoms with Crippen LogP contribution in [0.1, 0.15) is 31.4 Å². The quantitative estimate of drug-likeness (QED) is 0.194. The van der Waals surface area contributed by atoms with Gasteiger partial charge in [-0.2, -0.15) is 0 Å². The van der Waals surface area contributed by atoms with Gasteiger partial charge < -0.3 is 15.0 Å². The number of nitrogens with one attached hydrogen (secondary N) is 1. The van der Waals surface area contributed by atoms with Crippen LogP contribution in [0.3, 0.4) is 0 Å². The molecule has 0 bridgehead atoms. The number of aryl methyl sites for hydroxylation is 1. The zero-order valence-corrected chi connectivity index (χ0v) is 26.4. The van der Waals surface area contributed by atoms with Crippen LogP contribution in [-0.2, 0) is 26.2 Å². The number of rotatable bonds is 13. The molecule has 0 radical (unpaired) electrons. The van der Waals surface area contributed by atoms with E-state index in [1.54, 1.807) is 38.1 Å². The van der Waals surface area contributed by atoms with Crippen molar-refractivity contribution in [1.29, 1.82) is 0 Å². The van der Waals surface area contributed by atoms with Gasteiger partial charge in [0.2, 0.25) is 11.8 Å². The monoisotopic (exact) mass is 650 g/mol. The molecule has 11 nitrogen and oxygen atoms in total. The van der Waals surface area contributed by atoms with Gasteiger partial charge in [0.15, 0.2) is 0 Å². The first-order valence-corrected chi connectivity index (χ1v) is 15.5. The van der Waals surface area contributed by atoms with Crippen molar-refractivity contribution < 1.29 is 27.7 Å². The van der Waals surface area contributed by atoms with E-state index in [1.807, 2.05) is 0 Å². The topological polar surface area (TPSA) is 139 Å². The summed E-state index contributed by atoms with van der Waals surface area (Å²) in [6.45, 7) is 4.38. The fourth-order valence-electron chi connectivity index (χ4n) is 4.47. The van der Waals surface area contributed by atoms with Crippen molar-refractivity contribution in [3.8, 4) is 5.75 Å². The molecule has 0 spiro atoms. The average molecular weight is 652 g/mol. The Labute approximate surface area is 260 Å². The first-order valence-electron chi connectivity index (χ1n) is 13.3. The fraction of sp³-hybridized carbons (Fsp3) is 0.310. The molecular weight excluding hydrogens is 619 g/mol. The van der Waals surface area contributed by atoms with Crippen LogP contribution in [0.5, 0.6) is 5.75 Å². The summed E-state index contributed by atoms with van der Waals surface area (Å²) < 4.78 is 34.5. The normalized spacial score (nSPS) is 11.9. The molecule has 0 aromatic heterocycles. The summed E-state index contributed by atoms with van der Waals surface area (Å²) in [4.78, 5) is 39.0. The van der Waals surface area contributed by atoms with E-state index in [1.165, 1.54) is 49.3 Å². The third-order valence-electron chi connectivity index (χ3n) is 6.69. The Morgan fingerprint density at radius 2 is 1.77 bits per heavy atom. The first kappa shape index (κ1) is 33.6. The molecule has 43 heavy (non-hydrogen) atoms. The molecular formula is C29H32Cl2N4O7S. The highest BCUT2D eigenvalue weighted by molar-refractivity contribution is 7.92. The van der Waals surface area contributed by atoms with Gasteiger partial charge in [-0.05, 0) is 56.2 Å². The number of nitrogens with zero attached hydrogens (tertiary/aromatic N) is 3. The molecule has 230 valence electrons. The number of sulfonamides is 1. The van der Waals surface area contributed by atoms with Crippen LogP contribution in [0, 0.1) is 17.0 Å². The number of methoxy groups -OCH3 is 1. The largest absolute Gasteiger partial charge is 0.495 e. The molecule has 0 saturated heterocycles. The van der Waals surface area contributed by atoms with E-state index in [4.69, 9.17) is 27.9 Å². The summed E-state index contributed by atoms with van der Waals surface area (Å²) >= 11 is 12.6. The maximum absolute atomic E-state index is 14.2. The van der Waals surface area contributed by atoms with Crippen molar-refractivity contribution in [2.75, 3.05) is 24.5 Å². The second kappa shape index (κ2) is 14.5. The minimum atomic E-state index is -4.63. The molecule has 0 aliphatic heterocycles. The van der Waals surface area contributed by atoms with Gasteiger partial charge in [-0.1, -0.05) is 54.4 Å². The maximum Gasteiger partial charge on any atom is 0.273 e. The van der Waals surface area contributed by atoms with Gasteiger partial charge in [-0.15, -0.1) is 0 Å². The average Bonchev–Trinajstić information content (AvgIpc) is 2.96. The summed E-state index contributed by atoms with van der Waals surface area (Å²) in [5.41, 5.74) is 0.318. The van der Waals surface area contributed by atoms with Crippen LogP contribution in [0.25, 0.3) is 0 Å². The Kier molecular flexibility index (Phi) is 11.4. The van der Waals surface area contributed by atoms with Crippen molar-refractivity contribution in [1.82, 2.24) is 10.2 Å². The van der Waals surface area contributed by atoms with E-state index >= 15 is 0 Å². The summed E-state index contributed by atoms with van der Waals surface area (Å²) in [7, 11) is -3.31. The Balaban J connectivity index is 2.20. The van der Waals surface area contributed by atoms with Crippen molar-refractivity contribution in [2.24, 2.45) is 0 Å². The number of carbonyl (C=O) groups is 2. The lowest BCUT2D eigenvalue weighted by Gasteiger charge is -2.33. The van der Waals surface area contributed by atoms with E-state index in [0.29, 0.717) is 17.1 Å². The van der Waals surface area contributed by atoms with Gasteiger partial charge in [0, 0.05) is 34.8 Å². The van der Waals surface area contributed by atoms with Crippen LogP contribution >= 0.6 is 23.2 Å². The van der Waals surface area contributed by atoms with Gasteiger partial charge in [-0.3, -0.25) is 24.0 Å². The highest BCUT2D eigenvalue weighted by atomic mass is 35.5. The summed E-state index contributed by atoms with van der Waals surface area (Å²) in [6, 6.07) is 13.5. The second-order valence-corrected chi connectivity index (χ2v) is 12.2. The third kappa shape index (κ3) is 7.75. The molecule has 0 heterocycles. The number of likely N-dealkylation sites (N-methyl/N-ethyl adjacent to an activating group) is 1. The van der Waals surface area contributed by atoms with Crippen LogP contribution < -0.4 is 14.4 Å². The number of nitro benzene ring substituents is 1. The lowest BCUT2D eigenvalue weighted by atomic mass is 10.1. The molecule has 1 atom stereocenters. The van der Waals surface area contributed by atoms with Crippen molar-refractivity contribution in [3.63, 3.8) is 0 Å². The number of ether oxygens (including phenoxy) is 1. The molecule has 3 rings (SSSR count). The molecule has 1 N–H and O–H groups in total. The van der Waals surface area contributed by atoms with Gasteiger partial charge in [0.1, 0.15) is 18.3 Å². The summed E-state index contributed by atoms with van der Waals surface area (Å²) in [5.74, 6) is -1.07. The third-order valence-corrected chi connectivity index (χ3v) is 9.05. The molecule has 0 fully saturated rings. The number of carbonyl (C=O) groups excluding carboxylic acids is 2. The second-order valence-electron chi connectivity index (χ2n) is 9.46. The minimum absolute atomic E-state index is 0.0738. The molecule has 3 aromatic carbocycles. The Morgan fingerprint density at radius 1 is 1.07 bits per heavy atom. The van der Waals surface area contributed by atoms with Gasteiger partial charge >= 0.3 is 0 Å². The van der Waals surface area contributed by atoms with Crippen LogP contribution in [-0.4, -0.2) is 56.3 Å². The number of hydrogen-bond acceptors (Lipinski definition) is 7. The predicted octanol–water partition coefficient (Wildman–Crippen LogP) is 5.36. The van der Waals surface area contributed by atoms with E-state index < -0.39 is 49.9 Å². The number of hydrogen-bond donors (Lipinski definition) is 1. The van der Waals surface area contributed by atoms with E-state index in [9.17, 15) is 28.1 Å². The summed E-state index contributed by atoms with van der Waals surface area (Å²) in [5, 5.41) is 14.9. The Morgan fingerprint density at radius 3 is 2.37 bits per heavy atom. The van der Waals surface area contributed by atoms with Crippen LogP contribution in [0.4, 0.5) is 11.4 Å². The Hall–Kier alpha value is -3.87. The van der Waals surface area contributed by atoms with E-state index in [-0.39, 0.29) is 35.0 Å². The van der Waals surface area contributed by atoms with E-state index in [0.717, 1.165) is 10.4 Å². The molecule has 0 saturated carbocycles. The Bertz CT molecular complexity index is 1620. The van der Waals surface area contributed by atoms with Crippen molar-refractivity contribution >= 4 is 56.4 Å². The fourth-order valence-corrected chi connectivity index (χ4v) is 6.27. The van der Waals surface area contributed by atoms with Crippen molar-refractivity contribution in [3.05, 3.63) is 92.0 Å². The number of halogens is 2. The molecule has 0 unspecified atom stereocenters. The highest BCUT2D eigenvalue weighted by Gasteiger charge is 2.35. The maximum atomic E-state index is 14.2. The minimum Gasteiger partial charge on any atom is -0.495 e. The molecule has 2 amide bonds. The SMILES string of the molecule is CCNC(=O)[C@@H](CC)N(Cc1ccccc1Cl)C(=O)CN(c1cc(Cl)ccc1OC)S(=O)(=O)c1ccc(C)c([N+](=O)[O-])c1. The zero-order chi connectivity index (χ0) is 31.9. The smallest absolute Gasteiger partial charge is 0.273 e. The number of benzene rings is 3. The number of anilines is 1. The van der Waals surface area contributed by atoms with Crippen LogP contribution in [0.15, 0.2) is 65.6 Å². The van der Waals surface area contributed by atoms with Gasteiger partial charge in [-0.25, -0.2) is 8.42 Å².